The fourth-order valence-corrected chi connectivity index (χ4v) is 0.781. The summed E-state index contributed by atoms with van der Waals surface area (Å²) in [6.07, 6.45) is 3.55. The first-order valence-corrected chi connectivity index (χ1v) is 3.30. The van der Waals surface area contributed by atoms with E-state index in [1.807, 2.05) is 0 Å². The van der Waals surface area contributed by atoms with Crippen molar-refractivity contribution in [2.45, 2.75) is 0 Å². The fourth-order valence-electron chi connectivity index (χ4n) is 0.472. The number of carbonyl (C=O) groups is 1. The highest BCUT2D eigenvalue weighted by Crippen LogP contribution is 2.05. The van der Waals surface area contributed by atoms with Crippen LogP contribution in [0.2, 0.25) is 0 Å². The molecule has 0 aromatic carbocycles. The molecule has 0 fully saturated rings. The quantitative estimate of drug-likeness (QED) is 0.721. The van der Waals surface area contributed by atoms with E-state index < -0.39 is 0 Å². The van der Waals surface area contributed by atoms with E-state index >= 15 is 0 Å². The zero-order valence-corrected chi connectivity index (χ0v) is 6.50. The first-order chi connectivity index (χ1) is 4.83. The predicted molar refractivity (Wildman–Crippen MR) is 39.4 cm³/mol. The van der Waals surface area contributed by atoms with E-state index in [0.29, 0.717) is 16.8 Å². The molecule has 0 aliphatic rings. The van der Waals surface area contributed by atoms with Crippen molar-refractivity contribution in [3.63, 3.8) is 0 Å². The second kappa shape index (κ2) is 3.26. The molecule has 1 rings (SSSR count). The van der Waals surface area contributed by atoms with Gasteiger partial charge in [-0.05, 0) is 15.9 Å². The van der Waals surface area contributed by atoms with Gasteiger partial charge in [-0.15, -0.1) is 0 Å². The Morgan fingerprint density at radius 3 is 3.00 bits per heavy atom. The highest BCUT2D eigenvalue weighted by molar-refractivity contribution is 9.10. The summed E-state index contributed by atoms with van der Waals surface area (Å²) in [5.41, 5.74) is 0. The van der Waals surface area contributed by atoms with Gasteiger partial charge in [0.15, 0.2) is 5.82 Å². The van der Waals surface area contributed by atoms with Gasteiger partial charge in [0.05, 0.1) is 12.4 Å². The van der Waals surface area contributed by atoms with Crippen LogP contribution in [0.25, 0.3) is 0 Å². The van der Waals surface area contributed by atoms with Crippen LogP contribution in [0.15, 0.2) is 17.0 Å². The van der Waals surface area contributed by atoms with Gasteiger partial charge >= 0.3 is 0 Å². The second-order valence-corrected chi connectivity index (χ2v) is 2.30. The Bertz CT molecular complexity index is 240. The van der Waals surface area contributed by atoms with E-state index in [2.05, 4.69) is 31.2 Å². The van der Waals surface area contributed by atoms with Gasteiger partial charge in [-0.2, -0.15) is 0 Å². The van der Waals surface area contributed by atoms with Gasteiger partial charge in [0.25, 0.3) is 0 Å². The summed E-state index contributed by atoms with van der Waals surface area (Å²) in [6.45, 7) is 0. The number of nitrogens with zero attached hydrogens (tertiary/aromatic N) is 2. The minimum atomic E-state index is 0.435. The molecule has 10 heavy (non-hydrogen) atoms. The minimum Gasteiger partial charge on any atom is -0.312 e. The highest BCUT2D eigenvalue weighted by atomic mass is 79.9. The van der Waals surface area contributed by atoms with Crippen LogP contribution in [0.5, 0.6) is 0 Å². The van der Waals surface area contributed by atoms with Gasteiger partial charge in [-0.1, -0.05) is 0 Å². The standard InChI is InChI=1S/C5H4BrN3O/c6-4-1-7-2-5(9-4)8-3-10/h1-3H,(H,8,9,10). The average Bonchev–Trinajstić information content (AvgIpc) is 1.88. The summed E-state index contributed by atoms with van der Waals surface area (Å²) in [7, 11) is 0. The maximum atomic E-state index is 9.89. The van der Waals surface area contributed by atoms with Gasteiger partial charge < -0.3 is 5.32 Å². The molecule has 0 bridgehead atoms. The summed E-state index contributed by atoms with van der Waals surface area (Å²) in [4.78, 5) is 17.5. The van der Waals surface area contributed by atoms with E-state index in [1.54, 1.807) is 0 Å². The number of hydrogen-bond donors (Lipinski definition) is 1. The lowest BCUT2D eigenvalue weighted by atomic mass is 10.7. The Morgan fingerprint density at radius 2 is 2.40 bits per heavy atom. The molecule has 0 aliphatic heterocycles. The molecule has 1 heterocycles. The second-order valence-electron chi connectivity index (χ2n) is 1.49. The van der Waals surface area contributed by atoms with E-state index in [9.17, 15) is 4.79 Å². The Kier molecular flexibility index (Phi) is 2.33. The van der Waals surface area contributed by atoms with Crippen molar-refractivity contribution >= 4 is 28.2 Å². The smallest absolute Gasteiger partial charge is 0.212 e. The molecule has 0 radical (unpaired) electrons. The summed E-state index contributed by atoms with van der Waals surface area (Å²) in [5, 5.41) is 2.36. The number of amides is 1. The minimum absolute atomic E-state index is 0.435. The molecule has 4 nitrogen and oxygen atoms in total. The Balaban J connectivity index is 2.84. The Hall–Kier alpha value is -0.970. The van der Waals surface area contributed by atoms with E-state index in [-0.39, 0.29) is 0 Å². The van der Waals surface area contributed by atoms with Crippen LogP contribution in [0, 0.1) is 0 Å². The molecule has 1 amide bonds. The van der Waals surface area contributed by atoms with Crippen LogP contribution in [0.1, 0.15) is 0 Å². The molecule has 0 unspecified atom stereocenters. The van der Waals surface area contributed by atoms with Crippen molar-refractivity contribution in [3.8, 4) is 0 Å². The van der Waals surface area contributed by atoms with Crippen molar-refractivity contribution in [3.05, 3.63) is 17.0 Å². The van der Waals surface area contributed by atoms with Crippen LogP contribution in [0.3, 0.4) is 0 Å². The molecule has 1 aromatic heterocycles. The van der Waals surface area contributed by atoms with Gasteiger partial charge in [0.1, 0.15) is 4.60 Å². The zero-order valence-electron chi connectivity index (χ0n) is 4.91. The molecule has 0 spiro atoms. The van der Waals surface area contributed by atoms with Gasteiger partial charge in [0, 0.05) is 0 Å². The van der Waals surface area contributed by atoms with Gasteiger partial charge in [-0.25, -0.2) is 4.98 Å². The topological polar surface area (TPSA) is 54.9 Å². The van der Waals surface area contributed by atoms with Crippen LogP contribution in [-0.4, -0.2) is 16.4 Å². The molecule has 0 saturated carbocycles. The molecular weight excluding hydrogens is 198 g/mol. The fraction of sp³-hybridized carbons (Fsp3) is 0. The number of nitrogens with one attached hydrogen (secondary N) is 1. The Morgan fingerprint density at radius 1 is 1.60 bits per heavy atom. The molecule has 0 atom stereocenters. The van der Waals surface area contributed by atoms with Crippen LogP contribution in [-0.2, 0) is 4.79 Å². The van der Waals surface area contributed by atoms with Gasteiger partial charge in [-0.3, -0.25) is 9.78 Å². The largest absolute Gasteiger partial charge is 0.312 e. The predicted octanol–water partition coefficient (Wildman–Crippen LogP) is 0.807. The molecular formula is C5H4BrN3O. The van der Waals surface area contributed by atoms with Crippen LogP contribution in [0.4, 0.5) is 5.82 Å². The summed E-state index contributed by atoms with van der Waals surface area (Å²) < 4.78 is 0.597. The highest BCUT2D eigenvalue weighted by Gasteiger charge is 1.91. The first-order valence-electron chi connectivity index (χ1n) is 2.50. The molecule has 0 saturated heterocycles. The third kappa shape index (κ3) is 1.77. The average molecular weight is 202 g/mol. The molecule has 1 N–H and O–H groups in total. The zero-order chi connectivity index (χ0) is 7.40. The molecule has 5 heteroatoms. The molecule has 52 valence electrons. The lowest BCUT2D eigenvalue weighted by Crippen LogP contribution is -1.96. The van der Waals surface area contributed by atoms with Crippen LogP contribution >= 0.6 is 15.9 Å². The lowest BCUT2D eigenvalue weighted by molar-refractivity contribution is -0.105. The van der Waals surface area contributed by atoms with E-state index in [4.69, 9.17) is 0 Å². The number of anilines is 1. The van der Waals surface area contributed by atoms with Crippen molar-refractivity contribution in [2.24, 2.45) is 0 Å². The van der Waals surface area contributed by atoms with E-state index in [1.165, 1.54) is 12.4 Å². The summed E-state index contributed by atoms with van der Waals surface area (Å²) >= 11 is 3.10. The molecule has 1 aromatic rings. The number of halogens is 1. The molecule has 0 aliphatic carbocycles. The number of rotatable bonds is 2. The number of carbonyl (C=O) groups excluding carboxylic acids is 1. The Labute approximate surface area is 65.8 Å². The van der Waals surface area contributed by atoms with Crippen molar-refractivity contribution in [2.75, 3.05) is 5.32 Å². The SMILES string of the molecule is O=CNc1cncc(Br)n1. The third-order valence-corrected chi connectivity index (χ3v) is 1.19. The first kappa shape index (κ1) is 7.14. The summed E-state index contributed by atoms with van der Waals surface area (Å²) in [6, 6.07) is 0. The van der Waals surface area contributed by atoms with Crippen molar-refractivity contribution in [1.29, 1.82) is 0 Å². The van der Waals surface area contributed by atoms with E-state index in [0.717, 1.165) is 0 Å². The van der Waals surface area contributed by atoms with Crippen molar-refractivity contribution < 1.29 is 4.79 Å². The maximum Gasteiger partial charge on any atom is 0.212 e. The van der Waals surface area contributed by atoms with Crippen LogP contribution < -0.4 is 5.32 Å². The number of hydrogen-bond acceptors (Lipinski definition) is 3. The summed E-state index contributed by atoms with van der Waals surface area (Å²) in [5.74, 6) is 0.435. The monoisotopic (exact) mass is 201 g/mol. The van der Waals surface area contributed by atoms with Crippen molar-refractivity contribution in [1.82, 2.24) is 9.97 Å². The third-order valence-electron chi connectivity index (χ3n) is 0.812. The normalized spacial score (nSPS) is 8.90. The lowest BCUT2D eigenvalue weighted by Gasteiger charge is -1.94. The number of aromatic nitrogens is 2. The van der Waals surface area contributed by atoms with Gasteiger partial charge in [0.2, 0.25) is 6.41 Å². The maximum absolute atomic E-state index is 9.89.